The maximum Gasteiger partial charge on any atom is 0.340 e. The van der Waals surface area contributed by atoms with Crippen molar-refractivity contribution >= 4 is 39.0 Å². The molecule has 2 aromatic rings. The van der Waals surface area contributed by atoms with Gasteiger partial charge >= 0.3 is 5.97 Å². The first-order valence-electron chi connectivity index (χ1n) is 6.62. The van der Waals surface area contributed by atoms with Crippen LogP contribution in [-0.4, -0.2) is 12.6 Å². The van der Waals surface area contributed by atoms with Gasteiger partial charge in [-0.05, 0) is 43.7 Å². The van der Waals surface area contributed by atoms with Gasteiger partial charge in [0.05, 0.1) is 23.5 Å². The molecule has 0 aromatic heterocycles. The highest BCUT2D eigenvalue weighted by molar-refractivity contribution is 9.10. The van der Waals surface area contributed by atoms with Crippen molar-refractivity contribution in [2.75, 3.05) is 17.7 Å². The van der Waals surface area contributed by atoms with Crippen molar-refractivity contribution in [1.29, 1.82) is 0 Å². The first kappa shape index (κ1) is 15.4. The molecule has 0 amide bonds. The lowest BCUT2D eigenvalue weighted by Gasteiger charge is -2.14. The number of halogens is 1. The zero-order chi connectivity index (χ0) is 15.4. The Hall–Kier alpha value is -2.01. The average Bonchev–Trinajstić information content (AvgIpc) is 2.46. The van der Waals surface area contributed by atoms with E-state index in [1.165, 1.54) is 0 Å². The van der Waals surface area contributed by atoms with E-state index in [9.17, 15) is 4.79 Å². The maximum atomic E-state index is 11.9. The van der Waals surface area contributed by atoms with Crippen molar-refractivity contribution in [3.05, 3.63) is 52.0 Å². The zero-order valence-electron chi connectivity index (χ0n) is 11.9. The van der Waals surface area contributed by atoms with E-state index in [-0.39, 0.29) is 0 Å². The lowest BCUT2D eigenvalue weighted by atomic mass is 10.1. The Morgan fingerprint density at radius 2 is 1.90 bits per heavy atom. The van der Waals surface area contributed by atoms with Crippen LogP contribution in [0.4, 0.5) is 17.1 Å². The molecule has 0 aliphatic rings. The number of benzene rings is 2. The highest BCUT2D eigenvalue weighted by Gasteiger charge is 2.14. The van der Waals surface area contributed by atoms with Crippen LogP contribution >= 0.6 is 15.9 Å². The molecule has 21 heavy (non-hydrogen) atoms. The Kier molecular flexibility index (Phi) is 4.85. The van der Waals surface area contributed by atoms with Gasteiger partial charge in [0.25, 0.3) is 0 Å². The lowest BCUT2D eigenvalue weighted by molar-refractivity contribution is 0.0527. The Labute approximate surface area is 132 Å². The van der Waals surface area contributed by atoms with Gasteiger partial charge in [0.2, 0.25) is 0 Å². The molecule has 0 bridgehead atoms. The fourth-order valence-electron chi connectivity index (χ4n) is 1.95. The summed E-state index contributed by atoms with van der Waals surface area (Å²) in [5, 5.41) is 3.26. The third-order valence-corrected chi connectivity index (χ3v) is 4.00. The van der Waals surface area contributed by atoms with Crippen LogP contribution < -0.4 is 11.1 Å². The van der Waals surface area contributed by atoms with Crippen LogP contribution in [-0.2, 0) is 4.74 Å². The summed E-state index contributed by atoms with van der Waals surface area (Å²) in [6.45, 7) is 4.08. The Morgan fingerprint density at radius 1 is 1.24 bits per heavy atom. The minimum atomic E-state index is -0.412. The predicted molar refractivity (Wildman–Crippen MR) is 89.0 cm³/mol. The average molecular weight is 349 g/mol. The van der Waals surface area contributed by atoms with Crippen molar-refractivity contribution < 1.29 is 9.53 Å². The fraction of sp³-hybridized carbons (Fsp3) is 0.188. The minimum Gasteiger partial charge on any atom is -0.462 e. The van der Waals surface area contributed by atoms with Gasteiger partial charge < -0.3 is 15.8 Å². The summed E-state index contributed by atoms with van der Waals surface area (Å²) in [6.07, 6.45) is 0. The highest BCUT2D eigenvalue weighted by Crippen LogP contribution is 2.30. The monoisotopic (exact) mass is 348 g/mol. The fourth-order valence-corrected chi connectivity index (χ4v) is 2.32. The second-order valence-electron chi connectivity index (χ2n) is 4.52. The number of carbonyl (C=O) groups is 1. The minimum absolute atomic E-state index is 0.320. The van der Waals surface area contributed by atoms with Crippen molar-refractivity contribution in [3.8, 4) is 0 Å². The van der Waals surface area contributed by atoms with Crippen LogP contribution in [0.1, 0.15) is 22.8 Å². The standard InChI is InChI=1S/C16H17BrN2O2/c1-3-21-16(20)11-6-4-9-14(15(11)18)19-13-8-5-7-12(17)10(13)2/h4-9,19H,3,18H2,1-2H3. The van der Waals surface area contributed by atoms with Gasteiger partial charge in [-0.1, -0.05) is 28.1 Å². The molecule has 0 atom stereocenters. The number of nitrogens with one attached hydrogen (secondary N) is 1. The van der Waals surface area contributed by atoms with Gasteiger partial charge in [-0.2, -0.15) is 0 Å². The van der Waals surface area contributed by atoms with Crippen LogP contribution in [0.15, 0.2) is 40.9 Å². The number of ether oxygens (including phenoxy) is 1. The van der Waals surface area contributed by atoms with Crippen molar-refractivity contribution in [3.63, 3.8) is 0 Å². The summed E-state index contributed by atoms with van der Waals surface area (Å²) in [4.78, 5) is 11.9. The summed E-state index contributed by atoms with van der Waals surface area (Å²) in [5.41, 5.74) is 9.51. The molecule has 0 aliphatic carbocycles. The number of esters is 1. The van der Waals surface area contributed by atoms with Crippen molar-refractivity contribution in [1.82, 2.24) is 0 Å². The number of anilines is 3. The normalized spacial score (nSPS) is 10.2. The molecule has 0 spiro atoms. The van der Waals surface area contributed by atoms with Gasteiger partial charge in [-0.3, -0.25) is 0 Å². The molecule has 2 aromatic carbocycles. The van der Waals surface area contributed by atoms with E-state index < -0.39 is 5.97 Å². The SMILES string of the molecule is CCOC(=O)c1cccc(Nc2cccc(Br)c2C)c1N. The third-order valence-electron chi connectivity index (χ3n) is 3.14. The Bertz CT molecular complexity index is 671. The van der Waals surface area contributed by atoms with Crippen molar-refractivity contribution in [2.24, 2.45) is 0 Å². The second-order valence-corrected chi connectivity index (χ2v) is 5.38. The molecule has 0 fully saturated rings. The molecule has 0 saturated heterocycles. The Morgan fingerprint density at radius 3 is 2.62 bits per heavy atom. The lowest BCUT2D eigenvalue weighted by Crippen LogP contribution is -2.09. The smallest absolute Gasteiger partial charge is 0.340 e. The number of carbonyl (C=O) groups excluding carboxylic acids is 1. The molecule has 0 unspecified atom stereocenters. The van der Waals surface area contributed by atoms with Crippen LogP contribution in [0, 0.1) is 6.92 Å². The Balaban J connectivity index is 2.35. The number of hydrogen-bond donors (Lipinski definition) is 2. The second kappa shape index (κ2) is 6.63. The molecule has 5 heteroatoms. The molecule has 110 valence electrons. The highest BCUT2D eigenvalue weighted by atomic mass is 79.9. The molecular weight excluding hydrogens is 332 g/mol. The van der Waals surface area contributed by atoms with Crippen LogP contribution in [0.25, 0.3) is 0 Å². The molecule has 2 rings (SSSR count). The largest absolute Gasteiger partial charge is 0.462 e. The summed E-state index contributed by atoms with van der Waals surface area (Å²) >= 11 is 3.49. The molecule has 0 radical (unpaired) electrons. The van der Waals surface area contributed by atoms with E-state index in [0.717, 1.165) is 15.7 Å². The van der Waals surface area contributed by atoms with Crippen LogP contribution in [0.3, 0.4) is 0 Å². The number of hydrogen-bond acceptors (Lipinski definition) is 4. The number of nitrogen functional groups attached to an aromatic ring is 1. The van der Waals surface area contributed by atoms with Crippen LogP contribution in [0.2, 0.25) is 0 Å². The van der Waals surface area contributed by atoms with Gasteiger partial charge in [-0.25, -0.2) is 4.79 Å². The van der Waals surface area contributed by atoms with E-state index in [1.54, 1.807) is 19.1 Å². The summed E-state index contributed by atoms with van der Waals surface area (Å²) in [7, 11) is 0. The van der Waals surface area contributed by atoms with E-state index in [2.05, 4.69) is 21.2 Å². The van der Waals surface area contributed by atoms with Crippen LogP contribution in [0.5, 0.6) is 0 Å². The summed E-state index contributed by atoms with van der Waals surface area (Å²) in [5.74, 6) is -0.412. The molecule has 0 heterocycles. The van der Waals surface area contributed by atoms with E-state index in [4.69, 9.17) is 10.5 Å². The first-order chi connectivity index (χ1) is 10.0. The van der Waals surface area contributed by atoms with Gasteiger partial charge in [0, 0.05) is 10.2 Å². The van der Waals surface area contributed by atoms with Gasteiger partial charge in [-0.15, -0.1) is 0 Å². The number of rotatable bonds is 4. The number of nitrogens with two attached hydrogens (primary N) is 1. The molecule has 3 N–H and O–H groups in total. The van der Waals surface area contributed by atoms with Gasteiger partial charge in [0.1, 0.15) is 0 Å². The number of para-hydroxylation sites is 1. The molecule has 4 nitrogen and oxygen atoms in total. The molecule has 0 aliphatic heterocycles. The molecular formula is C16H17BrN2O2. The van der Waals surface area contributed by atoms with E-state index in [0.29, 0.717) is 23.5 Å². The van der Waals surface area contributed by atoms with Crippen molar-refractivity contribution in [2.45, 2.75) is 13.8 Å². The first-order valence-corrected chi connectivity index (χ1v) is 7.41. The molecule has 0 saturated carbocycles. The van der Waals surface area contributed by atoms with E-state index >= 15 is 0 Å². The maximum absolute atomic E-state index is 11.9. The summed E-state index contributed by atoms with van der Waals surface area (Å²) in [6, 6.07) is 11.1. The summed E-state index contributed by atoms with van der Waals surface area (Å²) < 4.78 is 6.01. The predicted octanol–water partition coefficient (Wildman–Crippen LogP) is 4.26. The van der Waals surface area contributed by atoms with Gasteiger partial charge in [0.15, 0.2) is 0 Å². The third kappa shape index (κ3) is 3.36. The zero-order valence-corrected chi connectivity index (χ0v) is 13.5. The topological polar surface area (TPSA) is 64.3 Å². The van der Waals surface area contributed by atoms with E-state index in [1.807, 2.05) is 31.2 Å². The quantitative estimate of drug-likeness (QED) is 0.639.